The van der Waals surface area contributed by atoms with Crippen LogP contribution < -0.4 is 0 Å². The van der Waals surface area contributed by atoms with E-state index in [4.69, 9.17) is 5.11 Å². The van der Waals surface area contributed by atoms with E-state index in [0.717, 1.165) is 44.5 Å². The summed E-state index contributed by atoms with van der Waals surface area (Å²) in [5.74, 6) is -1.27. The molecule has 1 N–H and O–H groups in total. The van der Waals surface area contributed by atoms with E-state index >= 15 is 0 Å². The molecule has 1 heterocycles. The van der Waals surface area contributed by atoms with E-state index in [9.17, 15) is 9.59 Å². The van der Waals surface area contributed by atoms with E-state index in [1.807, 2.05) is 0 Å². The molecule has 13 heavy (non-hydrogen) atoms. The Hall–Kier alpha value is -1.32. The zero-order valence-electron chi connectivity index (χ0n) is 7.40. The van der Waals surface area contributed by atoms with Crippen LogP contribution in [0, 0.1) is 0 Å². The number of nitrogens with zero attached hydrogens (tertiary/aromatic N) is 1. The van der Waals surface area contributed by atoms with Crippen LogP contribution in [0.3, 0.4) is 0 Å². The highest BCUT2D eigenvalue weighted by Crippen LogP contribution is 2.08. The molecule has 0 aromatic carbocycles. The summed E-state index contributed by atoms with van der Waals surface area (Å²) in [4.78, 5) is 23.1. The molecule has 0 atom stereocenters. The molecule has 0 radical (unpaired) electrons. The summed E-state index contributed by atoms with van der Waals surface area (Å²) >= 11 is 0. The second-order valence-corrected chi connectivity index (χ2v) is 3.06. The van der Waals surface area contributed by atoms with Crippen molar-refractivity contribution in [2.24, 2.45) is 0 Å². The van der Waals surface area contributed by atoms with Gasteiger partial charge in [0.1, 0.15) is 0 Å². The minimum atomic E-state index is -1.08. The second kappa shape index (κ2) is 4.64. The molecule has 1 aliphatic rings. The van der Waals surface area contributed by atoms with Crippen LogP contribution >= 0.6 is 0 Å². The Morgan fingerprint density at radius 3 is 2.23 bits per heavy atom. The normalized spacial score (nSPS) is 17.7. The molecule has 4 heteroatoms. The van der Waals surface area contributed by atoms with Gasteiger partial charge in [0.15, 0.2) is 0 Å². The Kier molecular flexibility index (Phi) is 3.49. The Morgan fingerprint density at radius 2 is 1.69 bits per heavy atom. The average Bonchev–Trinajstić information content (AvgIpc) is 2.15. The fourth-order valence-electron chi connectivity index (χ4n) is 1.36. The number of hydrogen-bond donors (Lipinski definition) is 1. The van der Waals surface area contributed by atoms with Crippen molar-refractivity contribution in [1.29, 1.82) is 0 Å². The lowest BCUT2D eigenvalue weighted by molar-refractivity contribution is -0.132. The zero-order valence-corrected chi connectivity index (χ0v) is 7.40. The Balaban J connectivity index is 2.41. The Bertz CT molecular complexity index is 229. The SMILES string of the molecule is O=C(O)C=CC(=O)N1CCCCC1. The lowest BCUT2D eigenvalue weighted by Gasteiger charge is -2.25. The minimum Gasteiger partial charge on any atom is -0.478 e. The predicted octanol–water partition coefficient (Wildman–Crippen LogP) is 0.640. The van der Waals surface area contributed by atoms with Gasteiger partial charge < -0.3 is 10.0 Å². The number of likely N-dealkylation sites (tertiary alicyclic amines) is 1. The Morgan fingerprint density at radius 1 is 1.08 bits per heavy atom. The number of amides is 1. The molecule has 0 spiro atoms. The number of carbonyl (C=O) groups is 2. The van der Waals surface area contributed by atoms with E-state index in [1.54, 1.807) is 4.90 Å². The van der Waals surface area contributed by atoms with Crippen molar-refractivity contribution in [1.82, 2.24) is 4.90 Å². The number of carboxylic acid groups (broad SMARTS) is 1. The largest absolute Gasteiger partial charge is 0.478 e. The maximum atomic E-state index is 11.3. The summed E-state index contributed by atoms with van der Waals surface area (Å²) in [6, 6.07) is 0. The number of aliphatic carboxylic acids is 1. The molecule has 0 aliphatic carbocycles. The Labute approximate surface area is 76.8 Å². The summed E-state index contributed by atoms with van der Waals surface area (Å²) in [6.07, 6.45) is 5.20. The van der Waals surface area contributed by atoms with Crippen LogP contribution in [0.2, 0.25) is 0 Å². The van der Waals surface area contributed by atoms with Crippen molar-refractivity contribution in [3.05, 3.63) is 12.2 Å². The number of carbonyl (C=O) groups excluding carboxylic acids is 1. The lowest BCUT2D eigenvalue weighted by Crippen LogP contribution is -2.34. The highest BCUT2D eigenvalue weighted by molar-refractivity contribution is 5.93. The first-order valence-corrected chi connectivity index (χ1v) is 4.40. The lowest BCUT2D eigenvalue weighted by atomic mass is 10.1. The van der Waals surface area contributed by atoms with E-state index in [0.29, 0.717) is 0 Å². The van der Waals surface area contributed by atoms with Gasteiger partial charge in [-0.1, -0.05) is 0 Å². The van der Waals surface area contributed by atoms with Gasteiger partial charge in [-0.25, -0.2) is 4.79 Å². The van der Waals surface area contributed by atoms with Crippen molar-refractivity contribution in [2.45, 2.75) is 19.3 Å². The van der Waals surface area contributed by atoms with Crippen molar-refractivity contribution in [3.8, 4) is 0 Å². The summed E-state index contributed by atoms with van der Waals surface area (Å²) in [5, 5.41) is 8.30. The average molecular weight is 183 g/mol. The van der Waals surface area contributed by atoms with Gasteiger partial charge in [0.2, 0.25) is 5.91 Å². The van der Waals surface area contributed by atoms with Gasteiger partial charge in [0.25, 0.3) is 0 Å². The molecular formula is C9H13NO3. The van der Waals surface area contributed by atoms with Crippen LogP contribution in [0.5, 0.6) is 0 Å². The van der Waals surface area contributed by atoms with Gasteiger partial charge in [-0.05, 0) is 19.3 Å². The fourth-order valence-corrected chi connectivity index (χ4v) is 1.36. The van der Waals surface area contributed by atoms with Crippen molar-refractivity contribution in [3.63, 3.8) is 0 Å². The molecule has 0 saturated carbocycles. The van der Waals surface area contributed by atoms with Gasteiger partial charge in [0.05, 0.1) is 0 Å². The van der Waals surface area contributed by atoms with E-state index in [-0.39, 0.29) is 5.91 Å². The third-order valence-corrected chi connectivity index (χ3v) is 2.04. The third kappa shape index (κ3) is 3.27. The van der Waals surface area contributed by atoms with Crippen molar-refractivity contribution < 1.29 is 14.7 Å². The molecule has 0 unspecified atom stereocenters. The molecule has 0 aromatic rings. The molecular weight excluding hydrogens is 170 g/mol. The van der Waals surface area contributed by atoms with Crippen LogP contribution in [-0.2, 0) is 9.59 Å². The quantitative estimate of drug-likeness (QED) is 0.639. The second-order valence-electron chi connectivity index (χ2n) is 3.06. The molecule has 1 rings (SSSR count). The van der Waals surface area contributed by atoms with Crippen LogP contribution in [0.25, 0.3) is 0 Å². The van der Waals surface area contributed by atoms with Crippen LogP contribution in [0.1, 0.15) is 19.3 Å². The molecule has 1 saturated heterocycles. The van der Waals surface area contributed by atoms with Gasteiger partial charge >= 0.3 is 5.97 Å². The maximum Gasteiger partial charge on any atom is 0.328 e. The maximum absolute atomic E-state index is 11.3. The molecule has 0 aromatic heterocycles. The molecule has 72 valence electrons. The van der Waals surface area contributed by atoms with E-state index < -0.39 is 5.97 Å². The molecule has 1 fully saturated rings. The van der Waals surface area contributed by atoms with Crippen LogP contribution in [0.4, 0.5) is 0 Å². The highest BCUT2D eigenvalue weighted by Gasteiger charge is 2.13. The number of hydrogen-bond acceptors (Lipinski definition) is 2. The summed E-state index contributed by atoms with van der Waals surface area (Å²) in [6.45, 7) is 1.51. The van der Waals surface area contributed by atoms with Crippen molar-refractivity contribution >= 4 is 11.9 Å². The topological polar surface area (TPSA) is 57.6 Å². The summed E-state index contributed by atoms with van der Waals surface area (Å²) < 4.78 is 0. The summed E-state index contributed by atoms with van der Waals surface area (Å²) in [7, 11) is 0. The molecule has 1 amide bonds. The van der Waals surface area contributed by atoms with Gasteiger partial charge in [-0.3, -0.25) is 4.79 Å². The fraction of sp³-hybridized carbons (Fsp3) is 0.556. The van der Waals surface area contributed by atoms with Gasteiger partial charge in [-0.2, -0.15) is 0 Å². The van der Waals surface area contributed by atoms with Crippen LogP contribution in [0.15, 0.2) is 12.2 Å². The number of carboxylic acids is 1. The first-order valence-electron chi connectivity index (χ1n) is 4.40. The molecule has 0 bridgehead atoms. The highest BCUT2D eigenvalue weighted by atomic mass is 16.4. The summed E-state index contributed by atoms with van der Waals surface area (Å²) in [5.41, 5.74) is 0. The standard InChI is InChI=1S/C9H13NO3/c11-8(4-5-9(12)13)10-6-2-1-3-7-10/h4-5H,1-3,6-7H2,(H,12,13). The van der Waals surface area contributed by atoms with Crippen LogP contribution in [-0.4, -0.2) is 35.0 Å². The predicted molar refractivity (Wildman–Crippen MR) is 47.2 cm³/mol. The zero-order chi connectivity index (χ0) is 9.68. The van der Waals surface area contributed by atoms with E-state index in [1.165, 1.54) is 0 Å². The number of rotatable bonds is 2. The minimum absolute atomic E-state index is 0.192. The third-order valence-electron chi connectivity index (χ3n) is 2.04. The van der Waals surface area contributed by atoms with Gasteiger partial charge in [0, 0.05) is 25.2 Å². The molecule has 4 nitrogen and oxygen atoms in total. The van der Waals surface area contributed by atoms with Gasteiger partial charge in [-0.15, -0.1) is 0 Å². The first kappa shape index (κ1) is 9.77. The molecule has 1 aliphatic heterocycles. The first-order chi connectivity index (χ1) is 6.20. The van der Waals surface area contributed by atoms with Crippen molar-refractivity contribution in [2.75, 3.05) is 13.1 Å². The smallest absolute Gasteiger partial charge is 0.328 e. The monoisotopic (exact) mass is 183 g/mol. The number of piperidine rings is 1. The van der Waals surface area contributed by atoms with E-state index in [2.05, 4.69) is 0 Å².